The Kier molecular flexibility index (Phi) is 3.21. The lowest BCUT2D eigenvalue weighted by Gasteiger charge is -2.06. The Bertz CT molecular complexity index is 250. The molecule has 0 bridgehead atoms. The van der Waals surface area contributed by atoms with Crippen LogP contribution in [0.4, 0.5) is 0 Å². The lowest BCUT2D eigenvalue weighted by atomic mass is 10.2. The molecule has 0 amide bonds. The van der Waals surface area contributed by atoms with Crippen molar-refractivity contribution in [3.8, 4) is 5.75 Å². The van der Waals surface area contributed by atoms with Gasteiger partial charge in [-0.1, -0.05) is 22.0 Å². The molecule has 0 fully saturated rings. The van der Waals surface area contributed by atoms with E-state index in [2.05, 4.69) is 15.9 Å². The van der Waals surface area contributed by atoms with Crippen LogP contribution in [0.5, 0.6) is 5.75 Å². The number of halogens is 2. The molecule has 0 aliphatic heterocycles. The fraction of sp³-hybridized carbons (Fsp3) is 0.250. The second kappa shape index (κ2) is 3.98. The summed E-state index contributed by atoms with van der Waals surface area (Å²) in [7, 11) is 1.64. The fourth-order valence-corrected chi connectivity index (χ4v) is 1.79. The number of benzene rings is 1. The molecule has 0 radical (unpaired) electrons. The fourth-order valence-electron chi connectivity index (χ4n) is 0.860. The Balaban J connectivity index is 3.13. The van der Waals surface area contributed by atoms with E-state index >= 15 is 0 Å². The topological polar surface area (TPSA) is 9.23 Å². The van der Waals surface area contributed by atoms with E-state index in [0.29, 0.717) is 5.88 Å². The van der Waals surface area contributed by atoms with Crippen LogP contribution in [0.3, 0.4) is 0 Å². The lowest BCUT2D eigenvalue weighted by molar-refractivity contribution is 0.411. The van der Waals surface area contributed by atoms with Crippen molar-refractivity contribution in [1.29, 1.82) is 0 Å². The van der Waals surface area contributed by atoms with Crippen molar-refractivity contribution in [2.45, 2.75) is 5.88 Å². The second-order valence-electron chi connectivity index (χ2n) is 2.05. The van der Waals surface area contributed by atoms with Gasteiger partial charge >= 0.3 is 0 Å². The zero-order valence-corrected chi connectivity index (χ0v) is 8.45. The summed E-state index contributed by atoms with van der Waals surface area (Å²) >= 11 is 9.09. The standard InChI is InChI=1S/C8H8BrClO/c1-11-8-4-2-3-7(9)6(8)5-10/h2-4H,5H2,1H3. The van der Waals surface area contributed by atoms with E-state index < -0.39 is 0 Å². The molecule has 0 unspecified atom stereocenters. The Hall–Kier alpha value is -0.210. The van der Waals surface area contributed by atoms with Crippen LogP contribution in [0.15, 0.2) is 22.7 Å². The highest BCUT2D eigenvalue weighted by molar-refractivity contribution is 9.10. The van der Waals surface area contributed by atoms with Crippen LogP contribution in [0.25, 0.3) is 0 Å². The lowest BCUT2D eigenvalue weighted by Crippen LogP contribution is -1.89. The summed E-state index contributed by atoms with van der Waals surface area (Å²) in [6, 6.07) is 5.75. The van der Waals surface area contributed by atoms with E-state index in [4.69, 9.17) is 16.3 Å². The minimum atomic E-state index is 0.463. The van der Waals surface area contributed by atoms with E-state index in [9.17, 15) is 0 Å². The Morgan fingerprint density at radius 1 is 1.55 bits per heavy atom. The predicted molar refractivity (Wildman–Crippen MR) is 50.3 cm³/mol. The van der Waals surface area contributed by atoms with Gasteiger partial charge in [0.2, 0.25) is 0 Å². The van der Waals surface area contributed by atoms with Gasteiger partial charge in [-0.05, 0) is 12.1 Å². The summed E-state index contributed by atoms with van der Waals surface area (Å²) in [5.74, 6) is 1.29. The molecule has 60 valence electrons. The number of hydrogen-bond donors (Lipinski definition) is 0. The van der Waals surface area contributed by atoms with Gasteiger partial charge in [0, 0.05) is 10.0 Å². The Morgan fingerprint density at radius 3 is 2.73 bits per heavy atom. The summed E-state index contributed by atoms with van der Waals surface area (Å²) in [4.78, 5) is 0. The van der Waals surface area contributed by atoms with Crippen molar-refractivity contribution in [3.63, 3.8) is 0 Å². The van der Waals surface area contributed by atoms with Gasteiger partial charge in [-0.25, -0.2) is 0 Å². The number of methoxy groups -OCH3 is 1. The van der Waals surface area contributed by atoms with Gasteiger partial charge in [0.05, 0.1) is 13.0 Å². The van der Waals surface area contributed by atoms with Crippen molar-refractivity contribution in [3.05, 3.63) is 28.2 Å². The molecule has 0 saturated carbocycles. The SMILES string of the molecule is COc1cccc(Br)c1CCl. The molecule has 1 rings (SSSR count). The van der Waals surface area contributed by atoms with Gasteiger partial charge in [0.25, 0.3) is 0 Å². The molecule has 3 heteroatoms. The quantitative estimate of drug-likeness (QED) is 0.715. The van der Waals surface area contributed by atoms with E-state index in [1.165, 1.54) is 0 Å². The minimum Gasteiger partial charge on any atom is -0.496 e. The highest BCUT2D eigenvalue weighted by atomic mass is 79.9. The minimum absolute atomic E-state index is 0.463. The van der Waals surface area contributed by atoms with Crippen LogP contribution in [-0.2, 0) is 5.88 Å². The molecule has 0 aliphatic carbocycles. The third-order valence-electron chi connectivity index (χ3n) is 1.43. The van der Waals surface area contributed by atoms with E-state index in [1.807, 2.05) is 18.2 Å². The first kappa shape index (κ1) is 8.88. The first-order chi connectivity index (χ1) is 5.29. The molecule has 0 aromatic heterocycles. The predicted octanol–water partition coefficient (Wildman–Crippen LogP) is 3.20. The van der Waals surface area contributed by atoms with Crippen molar-refractivity contribution < 1.29 is 4.74 Å². The van der Waals surface area contributed by atoms with Crippen LogP contribution >= 0.6 is 27.5 Å². The largest absolute Gasteiger partial charge is 0.496 e. The van der Waals surface area contributed by atoms with Gasteiger partial charge in [-0.3, -0.25) is 0 Å². The van der Waals surface area contributed by atoms with Gasteiger partial charge in [-0.15, -0.1) is 11.6 Å². The van der Waals surface area contributed by atoms with Crippen LogP contribution in [0, 0.1) is 0 Å². The molecule has 11 heavy (non-hydrogen) atoms. The third-order valence-corrected chi connectivity index (χ3v) is 2.44. The van der Waals surface area contributed by atoms with Gasteiger partial charge in [-0.2, -0.15) is 0 Å². The van der Waals surface area contributed by atoms with Crippen molar-refractivity contribution in [1.82, 2.24) is 0 Å². The molecule has 0 spiro atoms. The molecule has 0 saturated heterocycles. The van der Waals surface area contributed by atoms with Crippen LogP contribution in [0.2, 0.25) is 0 Å². The number of ether oxygens (including phenoxy) is 1. The summed E-state index contributed by atoms with van der Waals surface area (Å²) in [6.07, 6.45) is 0. The van der Waals surface area contributed by atoms with Crippen LogP contribution in [-0.4, -0.2) is 7.11 Å². The van der Waals surface area contributed by atoms with Crippen molar-refractivity contribution in [2.75, 3.05) is 7.11 Å². The van der Waals surface area contributed by atoms with Crippen molar-refractivity contribution in [2.24, 2.45) is 0 Å². The monoisotopic (exact) mass is 234 g/mol. The normalized spacial score (nSPS) is 9.73. The first-order valence-corrected chi connectivity index (χ1v) is 4.49. The van der Waals surface area contributed by atoms with Gasteiger partial charge in [0.15, 0.2) is 0 Å². The van der Waals surface area contributed by atoms with Crippen molar-refractivity contribution >= 4 is 27.5 Å². The van der Waals surface area contributed by atoms with E-state index in [1.54, 1.807) is 7.11 Å². The zero-order valence-electron chi connectivity index (χ0n) is 6.10. The number of rotatable bonds is 2. The summed E-state index contributed by atoms with van der Waals surface area (Å²) in [6.45, 7) is 0. The second-order valence-corrected chi connectivity index (χ2v) is 3.18. The Morgan fingerprint density at radius 2 is 2.27 bits per heavy atom. The molecule has 1 aromatic rings. The third kappa shape index (κ3) is 1.88. The first-order valence-electron chi connectivity index (χ1n) is 3.17. The maximum atomic E-state index is 5.71. The van der Waals surface area contributed by atoms with E-state index in [0.717, 1.165) is 15.8 Å². The molecule has 0 N–H and O–H groups in total. The van der Waals surface area contributed by atoms with Gasteiger partial charge < -0.3 is 4.74 Å². The Labute approximate surface area is 79.4 Å². The molecule has 0 aliphatic rings. The van der Waals surface area contributed by atoms with Crippen LogP contribution in [0.1, 0.15) is 5.56 Å². The zero-order chi connectivity index (χ0) is 8.27. The van der Waals surface area contributed by atoms with E-state index in [-0.39, 0.29) is 0 Å². The smallest absolute Gasteiger partial charge is 0.124 e. The maximum Gasteiger partial charge on any atom is 0.124 e. The highest BCUT2D eigenvalue weighted by Gasteiger charge is 2.03. The van der Waals surface area contributed by atoms with Crippen LogP contribution < -0.4 is 4.74 Å². The molecular weight excluding hydrogens is 227 g/mol. The summed E-state index contributed by atoms with van der Waals surface area (Å²) in [5.41, 5.74) is 0.997. The summed E-state index contributed by atoms with van der Waals surface area (Å²) < 4.78 is 6.10. The molecule has 0 heterocycles. The average molecular weight is 236 g/mol. The molecule has 1 aromatic carbocycles. The maximum absolute atomic E-state index is 5.71. The molecular formula is C8H8BrClO. The number of hydrogen-bond acceptors (Lipinski definition) is 1. The highest BCUT2D eigenvalue weighted by Crippen LogP contribution is 2.27. The van der Waals surface area contributed by atoms with Gasteiger partial charge in [0.1, 0.15) is 5.75 Å². The number of alkyl halides is 1. The molecule has 0 atom stereocenters. The molecule has 1 nitrogen and oxygen atoms in total. The average Bonchev–Trinajstić information content (AvgIpc) is 2.04. The summed E-state index contributed by atoms with van der Waals surface area (Å²) in [5, 5.41) is 0.